The van der Waals surface area contributed by atoms with Crippen molar-refractivity contribution in [3.8, 4) is 0 Å². The largest absolute Gasteiger partial charge is 0.356 e. The van der Waals surface area contributed by atoms with Gasteiger partial charge in [-0.2, -0.15) is 0 Å². The zero-order valence-electron chi connectivity index (χ0n) is 8.55. The van der Waals surface area contributed by atoms with Gasteiger partial charge in [0, 0.05) is 25.2 Å². The summed E-state index contributed by atoms with van der Waals surface area (Å²) in [7, 11) is 0. The molecule has 1 fully saturated rings. The van der Waals surface area contributed by atoms with Crippen LogP contribution < -0.4 is 10.6 Å². The van der Waals surface area contributed by atoms with Crippen molar-refractivity contribution in [3.63, 3.8) is 0 Å². The van der Waals surface area contributed by atoms with Crippen LogP contribution in [-0.2, 0) is 4.79 Å². The Hall–Kier alpha value is -1.49. The molecule has 1 aromatic heterocycles. The monoisotopic (exact) mass is 241 g/mol. The maximum Gasteiger partial charge on any atom is 0.268 e. The predicted molar refractivity (Wildman–Crippen MR) is 59.3 cm³/mol. The Balaban J connectivity index is 1.90. The summed E-state index contributed by atoms with van der Waals surface area (Å²) in [6.45, 7) is 0.485. The van der Waals surface area contributed by atoms with Gasteiger partial charge in [0.2, 0.25) is 5.91 Å². The molecular formula is C10H12ClN3O2. The Bertz CT molecular complexity index is 406. The van der Waals surface area contributed by atoms with Gasteiger partial charge in [-0.25, -0.2) is 0 Å². The topological polar surface area (TPSA) is 74.0 Å². The first-order valence-electron chi connectivity index (χ1n) is 5.06. The van der Waals surface area contributed by atoms with E-state index >= 15 is 0 Å². The van der Waals surface area contributed by atoms with Crippen LogP contribution in [0.4, 0.5) is 0 Å². The van der Waals surface area contributed by atoms with Crippen LogP contribution in [0.25, 0.3) is 0 Å². The SMILES string of the molecule is O=C1CCC(NC(=O)c2cc(Cl)c[nH]2)CN1. The van der Waals surface area contributed by atoms with Gasteiger partial charge in [0.25, 0.3) is 5.91 Å². The average Bonchev–Trinajstić information content (AvgIpc) is 2.68. The number of H-pyrrole nitrogens is 1. The highest BCUT2D eigenvalue weighted by Gasteiger charge is 2.20. The summed E-state index contributed by atoms with van der Waals surface area (Å²) in [6, 6.07) is 1.56. The van der Waals surface area contributed by atoms with Crippen LogP contribution in [0.1, 0.15) is 23.3 Å². The fraction of sp³-hybridized carbons (Fsp3) is 0.400. The van der Waals surface area contributed by atoms with Crippen LogP contribution in [0.15, 0.2) is 12.3 Å². The number of piperidine rings is 1. The van der Waals surface area contributed by atoms with E-state index in [4.69, 9.17) is 11.6 Å². The van der Waals surface area contributed by atoms with E-state index in [0.717, 1.165) is 0 Å². The number of halogens is 1. The van der Waals surface area contributed by atoms with Gasteiger partial charge in [0.1, 0.15) is 5.69 Å². The molecule has 0 spiro atoms. The summed E-state index contributed by atoms with van der Waals surface area (Å²) in [6.07, 6.45) is 2.68. The van der Waals surface area contributed by atoms with Crippen LogP contribution in [0, 0.1) is 0 Å². The van der Waals surface area contributed by atoms with Gasteiger partial charge >= 0.3 is 0 Å². The molecule has 86 valence electrons. The van der Waals surface area contributed by atoms with Crippen molar-refractivity contribution in [2.24, 2.45) is 0 Å². The van der Waals surface area contributed by atoms with E-state index in [1.807, 2.05) is 0 Å². The first-order valence-corrected chi connectivity index (χ1v) is 5.44. The molecule has 2 rings (SSSR count). The molecule has 1 atom stereocenters. The Morgan fingerprint density at radius 3 is 2.94 bits per heavy atom. The summed E-state index contributed by atoms with van der Waals surface area (Å²) >= 11 is 5.70. The second-order valence-electron chi connectivity index (χ2n) is 3.74. The van der Waals surface area contributed by atoms with Crippen molar-refractivity contribution in [2.45, 2.75) is 18.9 Å². The van der Waals surface area contributed by atoms with Gasteiger partial charge in [-0.15, -0.1) is 0 Å². The molecular weight excluding hydrogens is 230 g/mol. The number of nitrogens with one attached hydrogen (secondary N) is 3. The molecule has 0 bridgehead atoms. The van der Waals surface area contributed by atoms with Gasteiger partial charge in [-0.1, -0.05) is 11.6 Å². The number of carbonyl (C=O) groups excluding carboxylic acids is 2. The summed E-state index contributed by atoms with van der Waals surface area (Å²) in [5.74, 6) is -0.165. The number of aromatic amines is 1. The summed E-state index contributed by atoms with van der Waals surface area (Å²) in [5, 5.41) is 6.03. The number of hydrogen-bond acceptors (Lipinski definition) is 2. The number of aromatic nitrogens is 1. The lowest BCUT2D eigenvalue weighted by atomic mass is 10.1. The molecule has 0 radical (unpaired) electrons. The smallest absolute Gasteiger partial charge is 0.268 e. The molecule has 0 aromatic carbocycles. The molecule has 5 nitrogen and oxygen atoms in total. The minimum atomic E-state index is -0.201. The molecule has 2 amide bonds. The third-order valence-corrected chi connectivity index (χ3v) is 2.71. The van der Waals surface area contributed by atoms with Crippen molar-refractivity contribution < 1.29 is 9.59 Å². The molecule has 0 saturated carbocycles. The molecule has 6 heteroatoms. The molecule has 16 heavy (non-hydrogen) atoms. The van der Waals surface area contributed by atoms with Gasteiger partial charge in [-0.05, 0) is 12.5 Å². The van der Waals surface area contributed by atoms with Crippen molar-refractivity contribution >= 4 is 23.4 Å². The van der Waals surface area contributed by atoms with Gasteiger partial charge in [-0.3, -0.25) is 9.59 Å². The van der Waals surface area contributed by atoms with E-state index < -0.39 is 0 Å². The number of amides is 2. The lowest BCUT2D eigenvalue weighted by Crippen LogP contribution is -2.47. The summed E-state index contributed by atoms with van der Waals surface area (Å²) in [5.41, 5.74) is 0.432. The predicted octanol–water partition coefficient (Wildman–Crippen LogP) is 0.677. The van der Waals surface area contributed by atoms with Crippen molar-refractivity contribution in [1.29, 1.82) is 0 Å². The van der Waals surface area contributed by atoms with E-state index in [1.54, 1.807) is 12.3 Å². The summed E-state index contributed by atoms with van der Waals surface area (Å²) in [4.78, 5) is 25.4. The van der Waals surface area contributed by atoms with Gasteiger partial charge in [0.15, 0.2) is 0 Å². The molecule has 1 saturated heterocycles. The fourth-order valence-corrected chi connectivity index (χ4v) is 1.78. The van der Waals surface area contributed by atoms with Crippen LogP contribution in [0.5, 0.6) is 0 Å². The normalized spacial score (nSPS) is 20.3. The van der Waals surface area contributed by atoms with E-state index in [-0.39, 0.29) is 17.9 Å². The number of hydrogen-bond donors (Lipinski definition) is 3. The third kappa shape index (κ3) is 2.55. The molecule has 1 aliphatic rings. The van der Waals surface area contributed by atoms with E-state index in [1.165, 1.54) is 0 Å². The highest BCUT2D eigenvalue weighted by Crippen LogP contribution is 2.10. The quantitative estimate of drug-likeness (QED) is 0.712. The number of rotatable bonds is 2. The zero-order chi connectivity index (χ0) is 11.5. The minimum Gasteiger partial charge on any atom is -0.356 e. The molecule has 0 aliphatic carbocycles. The fourth-order valence-electron chi connectivity index (χ4n) is 1.62. The van der Waals surface area contributed by atoms with Gasteiger partial charge < -0.3 is 15.6 Å². The van der Waals surface area contributed by atoms with E-state index in [9.17, 15) is 9.59 Å². The Labute approximate surface area is 97.6 Å². The van der Waals surface area contributed by atoms with Crippen molar-refractivity contribution in [3.05, 3.63) is 23.0 Å². The van der Waals surface area contributed by atoms with E-state index in [2.05, 4.69) is 15.6 Å². The Morgan fingerprint density at radius 2 is 2.38 bits per heavy atom. The standard InChI is InChI=1S/C10H12ClN3O2/c11-6-3-8(12-4-6)10(16)14-7-1-2-9(15)13-5-7/h3-4,7,12H,1-2,5H2,(H,13,15)(H,14,16). The second kappa shape index (κ2) is 4.57. The molecule has 1 aromatic rings. The third-order valence-electron chi connectivity index (χ3n) is 2.49. The maximum absolute atomic E-state index is 11.7. The van der Waals surface area contributed by atoms with Crippen LogP contribution in [-0.4, -0.2) is 29.4 Å². The molecule has 1 unspecified atom stereocenters. The molecule has 2 heterocycles. The van der Waals surface area contributed by atoms with E-state index in [0.29, 0.717) is 30.1 Å². The molecule has 1 aliphatic heterocycles. The second-order valence-corrected chi connectivity index (χ2v) is 4.18. The van der Waals surface area contributed by atoms with Crippen LogP contribution in [0.3, 0.4) is 0 Å². The van der Waals surface area contributed by atoms with Crippen molar-refractivity contribution in [2.75, 3.05) is 6.54 Å². The zero-order valence-corrected chi connectivity index (χ0v) is 9.30. The first kappa shape index (κ1) is 11.0. The highest BCUT2D eigenvalue weighted by molar-refractivity contribution is 6.30. The Kier molecular flexibility index (Phi) is 3.14. The average molecular weight is 242 g/mol. The minimum absolute atomic E-state index is 0.00715. The van der Waals surface area contributed by atoms with Gasteiger partial charge in [0.05, 0.1) is 5.02 Å². The Morgan fingerprint density at radius 1 is 1.56 bits per heavy atom. The van der Waals surface area contributed by atoms with Crippen LogP contribution in [0.2, 0.25) is 5.02 Å². The lowest BCUT2D eigenvalue weighted by molar-refractivity contribution is -0.122. The first-order chi connectivity index (χ1) is 7.65. The lowest BCUT2D eigenvalue weighted by Gasteiger charge is -2.23. The summed E-state index contributed by atoms with van der Waals surface area (Å²) < 4.78 is 0. The molecule has 3 N–H and O–H groups in total. The van der Waals surface area contributed by atoms with Crippen LogP contribution >= 0.6 is 11.6 Å². The van der Waals surface area contributed by atoms with Crippen molar-refractivity contribution in [1.82, 2.24) is 15.6 Å². The number of carbonyl (C=O) groups is 2. The maximum atomic E-state index is 11.7. The highest BCUT2D eigenvalue weighted by atomic mass is 35.5.